The highest BCUT2D eigenvalue weighted by Crippen LogP contribution is 2.37. The van der Waals surface area contributed by atoms with E-state index in [4.69, 9.17) is 22.3 Å². The summed E-state index contributed by atoms with van der Waals surface area (Å²) >= 11 is 5.79. The molecule has 13 heteroatoms. The van der Waals surface area contributed by atoms with Crippen molar-refractivity contribution in [2.45, 2.75) is 57.5 Å². The lowest BCUT2D eigenvalue weighted by molar-refractivity contribution is -0.129. The molecule has 2 aliphatic rings. The second-order valence-electron chi connectivity index (χ2n) is 9.93. The summed E-state index contributed by atoms with van der Waals surface area (Å²) < 4.78 is 31.1. The lowest BCUT2D eigenvalue weighted by Gasteiger charge is -2.32. The molecule has 0 bridgehead atoms. The Morgan fingerprint density at radius 3 is 2.47 bits per heavy atom. The first kappa shape index (κ1) is 26.1. The topological polar surface area (TPSA) is 131 Å². The number of fused-ring (bicyclic) bond motifs is 1. The van der Waals surface area contributed by atoms with E-state index >= 15 is 0 Å². The Bertz CT molecular complexity index is 1350. The number of aromatic nitrogens is 4. The van der Waals surface area contributed by atoms with Crippen LogP contribution in [0.4, 0.5) is 26.4 Å². The number of carbonyl (C=O) groups is 2. The maximum atomic E-state index is 14.6. The predicted molar refractivity (Wildman–Crippen MR) is 139 cm³/mol. The quantitative estimate of drug-likeness (QED) is 0.423. The van der Waals surface area contributed by atoms with Gasteiger partial charge in [-0.2, -0.15) is 4.98 Å². The van der Waals surface area contributed by atoms with E-state index in [1.54, 1.807) is 18.0 Å². The Labute approximate surface area is 223 Å². The third kappa shape index (κ3) is 5.35. The molecule has 202 valence electrons. The molecule has 0 radical (unpaired) electrons. The van der Waals surface area contributed by atoms with Crippen LogP contribution in [0.5, 0.6) is 0 Å². The monoisotopic (exact) mass is 546 g/mol. The van der Waals surface area contributed by atoms with E-state index in [1.807, 2.05) is 4.57 Å². The van der Waals surface area contributed by atoms with Gasteiger partial charge in [0.2, 0.25) is 23.7 Å². The van der Waals surface area contributed by atoms with Crippen LogP contribution >= 0.6 is 11.6 Å². The van der Waals surface area contributed by atoms with Gasteiger partial charge < -0.3 is 21.3 Å². The number of nitrogens with two attached hydrogens (primary N) is 1. The zero-order valence-corrected chi connectivity index (χ0v) is 21.6. The van der Waals surface area contributed by atoms with Crippen LogP contribution in [0.25, 0.3) is 11.2 Å². The highest BCUT2D eigenvalue weighted by Gasteiger charge is 2.30. The Hall–Kier alpha value is -3.54. The molecule has 38 heavy (non-hydrogen) atoms. The number of imidazole rings is 1. The van der Waals surface area contributed by atoms with Crippen molar-refractivity contribution in [3.63, 3.8) is 0 Å². The van der Waals surface area contributed by atoms with Crippen molar-refractivity contribution in [2.24, 2.45) is 11.7 Å². The summed E-state index contributed by atoms with van der Waals surface area (Å²) in [6, 6.07) is 1.90. The van der Waals surface area contributed by atoms with Gasteiger partial charge in [0.1, 0.15) is 11.2 Å². The van der Waals surface area contributed by atoms with E-state index in [2.05, 4.69) is 20.6 Å². The predicted octanol–water partition coefficient (Wildman–Crippen LogP) is 4.14. The van der Waals surface area contributed by atoms with Gasteiger partial charge in [-0.3, -0.25) is 14.2 Å². The number of nitrogens with one attached hydrogen (secondary N) is 2. The molecule has 3 aromatic rings. The maximum Gasteiger partial charge on any atom is 0.225 e. The van der Waals surface area contributed by atoms with Crippen molar-refractivity contribution < 1.29 is 18.4 Å². The first-order valence-corrected chi connectivity index (χ1v) is 13.0. The smallest absolute Gasteiger partial charge is 0.225 e. The average molecular weight is 547 g/mol. The number of likely N-dealkylation sites (tertiary alicyclic amines) is 1. The van der Waals surface area contributed by atoms with Crippen LogP contribution in [0.15, 0.2) is 18.3 Å². The molecule has 1 saturated carbocycles. The van der Waals surface area contributed by atoms with Gasteiger partial charge in [0.05, 0.1) is 6.20 Å². The molecule has 2 fully saturated rings. The number of halogens is 3. The number of primary amides is 1. The molecule has 10 nitrogen and oxygen atoms in total. The molecule has 2 amide bonds. The minimum Gasteiger partial charge on any atom is -0.369 e. The molecular weight excluding hydrogens is 518 g/mol. The third-order valence-corrected chi connectivity index (χ3v) is 7.56. The second-order valence-corrected chi connectivity index (χ2v) is 10.4. The molecule has 1 saturated heterocycles. The Morgan fingerprint density at radius 2 is 1.82 bits per heavy atom. The van der Waals surface area contributed by atoms with Crippen LogP contribution in [0.3, 0.4) is 0 Å². The second kappa shape index (κ2) is 10.7. The Kier molecular flexibility index (Phi) is 7.33. The van der Waals surface area contributed by atoms with Crippen LogP contribution in [0, 0.1) is 17.6 Å². The largest absolute Gasteiger partial charge is 0.369 e. The van der Waals surface area contributed by atoms with Gasteiger partial charge in [0.15, 0.2) is 17.3 Å². The number of piperidine rings is 1. The normalized spacial score (nSPS) is 21.9. The summed E-state index contributed by atoms with van der Waals surface area (Å²) in [5, 5.41) is 6.06. The van der Waals surface area contributed by atoms with E-state index in [1.165, 1.54) is 0 Å². The van der Waals surface area contributed by atoms with Crippen LogP contribution in [-0.2, 0) is 9.59 Å². The van der Waals surface area contributed by atoms with Crippen molar-refractivity contribution in [3.05, 3.63) is 35.0 Å². The molecular formula is C25H29ClF2N8O2. The molecule has 5 rings (SSSR count). The van der Waals surface area contributed by atoms with Gasteiger partial charge in [-0.25, -0.2) is 18.7 Å². The van der Waals surface area contributed by atoms with Crippen molar-refractivity contribution >= 4 is 52.2 Å². The fraction of sp³-hybridized carbons (Fsp3) is 0.480. The highest BCUT2D eigenvalue weighted by molar-refractivity contribution is 6.30. The fourth-order valence-electron chi connectivity index (χ4n) is 5.35. The average Bonchev–Trinajstić information content (AvgIpc) is 3.23. The summed E-state index contributed by atoms with van der Waals surface area (Å²) in [5.41, 5.74) is 6.07. The molecule has 0 unspecified atom stereocenters. The van der Waals surface area contributed by atoms with Gasteiger partial charge in [0.25, 0.3) is 0 Å². The maximum absolute atomic E-state index is 14.6. The van der Waals surface area contributed by atoms with Gasteiger partial charge in [0, 0.05) is 43.0 Å². The van der Waals surface area contributed by atoms with E-state index in [-0.39, 0.29) is 46.5 Å². The number of benzene rings is 1. The fourth-order valence-corrected chi connectivity index (χ4v) is 5.54. The Morgan fingerprint density at radius 1 is 1.11 bits per heavy atom. The Balaban J connectivity index is 1.50. The molecule has 1 aliphatic heterocycles. The summed E-state index contributed by atoms with van der Waals surface area (Å²) in [5.74, 6) is -1.66. The first-order chi connectivity index (χ1) is 18.2. The number of hydrogen-bond donors (Lipinski definition) is 3. The van der Waals surface area contributed by atoms with Crippen molar-refractivity contribution in [1.29, 1.82) is 0 Å². The molecule has 1 aromatic carbocycles. The van der Waals surface area contributed by atoms with Gasteiger partial charge in [-0.05, 0) is 50.7 Å². The summed E-state index contributed by atoms with van der Waals surface area (Å²) in [6.45, 7) is 2.83. The van der Waals surface area contributed by atoms with Gasteiger partial charge >= 0.3 is 0 Å². The summed E-state index contributed by atoms with van der Waals surface area (Å²) in [7, 11) is 0. The highest BCUT2D eigenvalue weighted by atomic mass is 35.5. The molecule has 1 aliphatic carbocycles. The van der Waals surface area contributed by atoms with Crippen LogP contribution < -0.4 is 16.4 Å². The van der Waals surface area contributed by atoms with Crippen LogP contribution in [-0.4, -0.2) is 55.4 Å². The third-order valence-electron chi connectivity index (χ3n) is 7.34. The van der Waals surface area contributed by atoms with Gasteiger partial charge in [-0.15, -0.1) is 0 Å². The van der Waals surface area contributed by atoms with Gasteiger partial charge in [-0.1, -0.05) is 11.6 Å². The van der Waals surface area contributed by atoms with Crippen LogP contribution in [0.2, 0.25) is 5.02 Å². The minimum absolute atomic E-state index is 0.0117. The van der Waals surface area contributed by atoms with E-state index in [0.717, 1.165) is 31.5 Å². The molecule has 0 spiro atoms. The standard InChI is InChI=1S/C25H29ClF2N8O2/c1-13(37)35-8-2-3-16(12-35)31-24-30-11-20-23(34-24)36(17-6-4-14(5-7-17)22(29)38)25(32-20)33-21-18(27)9-15(26)10-19(21)28/h9-11,14,16-17H,2-8,12H2,1H3,(H2,29,38)(H,32,33)(H,30,31,34)/t14-,16-,17+/m1/s1. The zero-order valence-electron chi connectivity index (χ0n) is 20.9. The minimum atomic E-state index is -0.855. The van der Waals surface area contributed by atoms with E-state index in [9.17, 15) is 18.4 Å². The van der Waals surface area contributed by atoms with Crippen molar-refractivity contribution in [1.82, 2.24) is 24.4 Å². The van der Waals surface area contributed by atoms with E-state index in [0.29, 0.717) is 49.3 Å². The first-order valence-electron chi connectivity index (χ1n) is 12.7. The molecule has 2 aromatic heterocycles. The SMILES string of the molecule is CC(=O)N1CCC[C@@H](Nc2ncc3nc(Nc4c(F)cc(Cl)cc4F)n([C@H]4CC[C@@H](C(N)=O)CC4)c3n2)C1. The van der Waals surface area contributed by atoms with E-state index < -0.39 is 11.6 Å². The number of anilines is 3. The summed E-state index contributed by atoms with van der Waals surface area (Å²) in [6.07, 6.45) is 5.69. The molecule has 4 N–H and O–H groups in total. The lowest BCUT2D eigenvalue weighted by atomic mass is 9.85. The number of hydrogen-bond acceptors (Lipinski definition) is 7. The lowest BCUT2D eigenvalue weighted by Crippen LogP contribution is -2.44. The number of nitrogens with zero attached hydrogens (tertiary/aromatic N) is 5. The zero-order chi connectivity index (χ0) is 27.0. The van der Waals surface area contributed by atoms with Crippen LogP contribution in [0.1, 0.15) is 51.5 Å². The van der Waals surface area contributed by atoms with Crippen molar-refractivity contribution in [3.8, 4) is 0 Å². The molecule has 1 atom stereocenters. The molecule has 3 heterocycles. The number of carbonyl (C=O) groups excluding carboxylic acids is 2. The number of amides is 2. The summed E-state index contributed by atoms with van der Waals surface area (Å²) in [4.78, 5) is 39.0. The van der Waals surface area contributed by atoms with Crippen molar-refractivity contribution in [2.75, 3.05) is 23.7 Å². The number of rotatable bonds is 6.